The second-order valence-electron chi connectivity index (χ2n) is 10.2. The van der Waals surface area contributed by atoms with E-state index in [9.17, 15) is 9.59 Å². The van der Waals surface area contributed by atoms with Gasteiger partial charge in [-0.15, -0.1) is 0 Å². The molecule has 0 aliphatic carbocycles. The number of carbonyl (C=O) groups is 2. The molecule has 0 saturated heterocycles. The summed E-state index contributed by atoms with van der Waals surface area (Å²) in [4.78, 5) is 24.5. The highest BCUT2D eigenvalue weighted by atomic mass is 16.6. The minimum atomic E-state index is -0.404. The molecule has 6 nitrogen and oxygen atoms in total. The number of rotatable bonds is 5. The van der Waals surface area contributed by atoms with Crippen LogP contribution in [0.3, 0.4) is 0 Å². The number of carbonyl (C=O) groups excluding carboxylic acids is 2. The Morgan fingerprint density at radius 3 is 1.32 bits per heavy atom. The van der Waals surface area contributed by atoms with Crippen LogP contribution in [0.2, 0.25) is 0 Å². The summed E-state index contributed by atoms with van der Waals surface area (Å²) in [6, 6.07) is 0. The second-order valence-corrected chi connectivity index (χ2v) is 10.2. The maximum Gasteiger partial charge on any atom is 0.307 e. The molecule has 0 amide bonds. The first kappa shape index (κ1) is 22.6. The van der Waals surface area contributed by atoms with Crippen molar-refractivity contribution in [2.24, 2.45) is 0 Å². The quantitative estimate of drug-likeness (QED) is 0.553. The van der Waals surface area contributed by atoms with Gasteiger partial charge in [0.25, 0.3) is 0 Å². The van der Waals surface area contributed by atoms with Crippen molar-refractivity contribution in [1.29, 1.82) is 0 Å². The van der Waals surface area contributed by atoms with Crippen molar-refractivity contribution in [3.63, 3.8) is 0 Å². The Morgan fingerprint density at radius 1 is 0.714 bits per heavy atom. The number of hydrogen-bond acceptors (Lipinski definition) is 6. The van der Waals surface area contributed by atoms with Gasteiger partial charge in [-0.05, 0) is 67.5 Å². The normalized spacial score (nSPS) is 29.1. The Labute approximate surface area is 169 Å². The molecule has 0 saturated carbocycles. The van der Waals surface area contributed by atoms with E-state index in [0.717, 1.165) is 0 Å². The zero-order chi connectivity index (χ0) is 21.4. The fourth-order valence-corrected chi connectivity index (χ4v) is 4.00. The van der Waals surface area contributed by atoms with Crippen LogP contribution in [-0.2, 0) is 19.1 Å². The van der Waals surface area contributed by atoms with Gasteiger partial charge in [0.05, 0.1) is 23.9 Å². The van der Waals surface area contributed by atoms with Gasteiger partial charge in [-0.25, -0.2) is 0 Å². The molecule has 2 unspecified atom stereocenters. The average Bonchev–Trinajstić information content (AvgIpc) is 2.48. The Hall–Kier alpha value is -1.66. The highest BCUT2D eigenvalue weighted by Gasteiger charge is 2.39. The van der Waals surface area contributed by atoms with Crippen LogP contribution in [0.15, 0.2) is 24.3 Å². The molecule has 0 aromatic carbocycles. The van der Waals surface area contributed by atoms with E-state index in [0.29, 0.717) is 0 Å². The highest BCUT2D eigenvalue weighted by Crippen LogP contribution is 2.27. The third-order valence-corrected chi connectivity index (χ3v) is 5.14. The summed E-state index contributed by atoms with van der Waals surface area (Å²) < 4.78 is 11.2. The van der Waals surface area contributed by atoms with E-state index in [1.54, 1.807) is 0 Å². The third-order valence-electron chi connectivity index (χ3n) is 5.14. The summed E-state index contributed by atoms with van der Waals surface area (Å²) in [5.41, 5.74) is -1.08. The lowest BCUT2D eigenvalue weighted by Crippen LogP contribution is -2.60. The van der Waals surface area contributed by atoms with Crippen LogP contribution in [0, 0.1) is 0 Å². The first-order valence-corrected chi connectivity index (χ1v) is 9.98. The van der Waals surface area contributed by atoms with E-state index in [2.05, 4.69) is 38.3 Å². The van der Waals surface area contributed by atoms with Crippen LogP contribution < -0.4 is 10.6 Å². The van der Waals surface area contributed by atoms with Crippen molar-refractivity contribution in [2.45, 2.75) is 103 Å². The number of ether oxygens (including phenoxy) is 2. The van der Waals surface area contributed by atoms with Crippen LogP contribution in [0.25, 0.3) is 0 Å². The lowest BCUT2D eigenvalue weighted by Gasteiger charge is -2.43. The van der Waals surface area contributed by atoms with Gasteiger partial charge < -0.3 is 9.47 Å². The fourth-order valence-electron chi connectivity index (χ4n) is 4.00. The summed E-state index contributed by atoms with van der Waals surface area (Å²) in [7, 11) is 0. The van der Waals surface area contributed by atoms with E-state index in [1.807, 2.05) is 52.0 Å². The molecule has 0 spiro atoms. The molecule has 0 radical (unpaired) electrons. The molecule has 2 rings (SSSR count). The molecular weight excluding hydrogens is 356 g/mol. The largest absolute Gasteiger partial charge is 0.456 e. The van der Waals surface area contributed by atoms with Gasteiger partial charge in [0, 0.05) is 11.1 Å². The Kier molecular flexibility index (Phi) is 6.17. The summed E-state index contributed by atoms with van der Waals surface area (Å²) in [5.74, 6) is -0.808. The smallest absolute Gasteiger partial charge is 0.307 e. The molecule has 0 aromatic rings. The van der Waals surface area contributed by atoms with Crippen LogP contribution >= 0.6 is 0 Å². The van der Waals surface area contributed by atoms with Crippen molar-refractivity contribution < 1.29 is 19.1 Å². The third kappa shape index (κ3) is 5.92. The topological polar surface area (TPSA) is 76.7 Å². The molecule has 0 bridgehead atoms. The van der Waals surface area contributed by atoms with E-state index < -0.39 is 11.9 Å². The lowest BCUT2D eigenvalue weighted by atomic mass is 9.86. The molecule has 2 N–H and O–H groups in total. The number of nitrogens with one attached hydrogen (secondary N) is 2. The van der Waals surface area contributed by atoms with E-state index >= 15 is 0 Å². The first-order valence-electron chi connectivity index (χ1n) is 9.98. The van der Waals surface area contributed by atoms with Crippen molar-refractivity contribution in [2.75, 3.05) is 0 Å². The van der Waals surface area contributed by atoms with Crippen molar-refractivity contribution >= 4 is 11.9 Å². The predicted octanol–water partition coefficient (Wildman–Crippen LogP) is 3.02. The Bertz CT molecular complexity index is 616. The van der Waals surface area contributed by atoms with Gasteiger partial charge in [-0.3, -0.25) is 20.2 Å². The zero-order valence-electron chi connectivity index (χ0n) is 18.5. The molecule has 2 aliphatic rings. The average molecular weight is 393 g/mol. The molecule has 2 heterocycles. The lowest BCUT2D eigenvalue weighted by molar-refractivity contribution is -0.157. The Balaban J connectivity index is 1.85. The summed E-state index contributed by atoms with van der Waals surface area (Å²) in [5, 5.41) is 6.90. The van der Waals surface area contributed by atoms with Gasteiger partial charge in [0.2, 0.25) is 0 Å². The van der Waals surface area contributed by atoms with E-state index in [1.165, 1.54) is 0 Å². The van der Waals surface area contributed by atoms with Gasteiger partial charge in [-0.1, -0.05) is 12.2 Å². The van der Waals surface area contributed by atoms with Crippen LogP contribution in [0.1, 0.15) is 68.2 Å². The summed E-state index contributed by atoms with van der Waals surface area (Å²) >= 11 is 0. The van der Waals surface area contributed by atoms with Crippen molar-refractivity contribution in [3.05, 3.63) is 24.3 Å². The van der Waals surface area contributed by atoms with Crippen LogP contribution in [-0.4, -0.2) is 46.3 Å². The zero-order valence-corrected chi connectivity index (χ0v) is 18.5. The molecule has 2 aliphatic heterocycles. The van der Waals surface area contributed by atoms with E-state index in [-0.39, 0.29) is 47.2 Å². The molecule has 28 heavy (non-hydrogen) atoms. The summed E-state index contributed by atoms with van der Waals surface area (Å²) in [6.07, 6.45) is 7.06. The van der Waals surface area contributed by atoms with Gasteiger partial charge >= 0.3 is 11.9 Å². The first-order chi connectivity index (χ1) is 12.6. The van der Waals surface area contributed by atoms with Crippen molar-refractivity contribution in [1.82, 2.24) is 10.6 Å². The maximum absolute atomic E-state index is 12.3. The molecule has 6 heteroatoms. The molecular formula is C22H36N2O4. The Morgan fingerprint density at radius 2 is 1.04 bits per heavy atom. The second kappa shape index (κ2) is 7.64. The monoisotopic (exact) mass is 392 g/mol. The number of hydrogen-bond donors (Lipinski definition) is 2. The molecule has 158 valence electrons. The van der Waals surface area contributed by atoms with Gasteiger partial charge in [-0.2, -0.15) is 0 Å². The minimum Gasteiger partial charge on any atom is -0.456 e. The molecule has 2 atom stereocenters. The standard InChI is InChI=1S/C22H36N2O4/c1-19(2)13-11-15(21(5,6)23-19)27-17(25)9-10-18(26)28-16-12-14-20(3,4)24-22(16,7)8/h11-16,23-24H,9-10H2,1-8H3. The van der Waals surface area contributed by atoms with Crippen LogP contribution in [0.5, 0.6) is 0 Å². The maximum atomic E-state index is 12.3. The van der Waals surface area contributed by atoms with Crippen molar-refractivity contribution in [3.8, 4) is 0 Å². The van der Waals surface area contributed by atoms with E-state index in [4.69, 9.17) is 9.47 Å². The van der Waals surface area contributed by atoms with Gasteiger partial charge in [0.1, 0.15) is 12.2 Å². The minimum absolute atomic E-state index is 0.00156. The fraction of sp³-hybridized carbons (Fsp3) is 0.727. The SMILES string of the molecule is CC1(C)C=CC(OC(=O)CCC(=O)OC2C=CC(C)(C)NC2(C)C)C(C)(C)N1. The molecule has 0 fully saturated rings. The number of esters is 2. The molecule has 0 aromatic heterocycles. The summed E-state index contributed by atoms with van der Waals surface area (Å²) in [6.45, 7) is 16.2. The highest BCUT2D eigenvalue weighted by molar-refractivity contribution is 5.78. The van der Waals surface area contributed by atoms with Crippen LogP contribution in [0.4, 0.5) is 0 Å². The predicted molar refractivity (Wildman–Crippen MR) is 110 cm³/mol. The van der Waals surface area contributed by atoms with Gasteiger partial charge in [0.15, 0.2) is 0 Å².